The van der Waals surface area contributed by atoms with Crippen molar-refractivity contribution in [2.24, 2.45) is 5.41 Å². The zero-order valence-electron chi connectivity index (χ0n) is 13.3. The highest BCUT2D eigenvalue weighted by Gasteiger charge is 2.40. The predicted molar refractivity (Wildman–Crippen MR) is 76.7 cm³/mol. The summed E-state index contributed by atoms with van der Waals surface area (Å²) in [5, 5.41) is 0. The van der Waals surface area contributed by atoms with Crippen LogP contribution in [0.25, 0.3) is 0 Å². The molecule has 108 valence electrons. The van der Waals surface area contributed by atoms with E-state index in [1.165, 1.54) is 0 Å². The van der Waals surface area contributed by atoms with Gasteiger partial charge in [-0.25, -0.2) is 4.39 Å². The molecule has 1 unspecified atom stereocenters. The third kappa shape index (κ3) is 4.20. The molecule has 0 N–H and O–H groups in total. The molecule has 0 aromatic rings. The number of rotatable bonds is 2. The largest absolute Gasteiger partial charge is 0.298 e. The van der Waals surface area contributed by atoms with Crippen LogP contribution in [-0.4, -0.2) is 53.7 Å². The first-order chi connectivity index (χ1) is 8.01. The van der Waals surface area contributed by atoms with Gasteiger partial charge in [0.05, 0.1) is 0 Å². The second kappa shape index (κ2) is 5.46. The summed E-state index contributed by atoms with van der Waals surface area (Å²) < 4.78 is 13.2. The third-order valence-electron chi connectivity index (χ3n) is 3.84. The molecule has 0 amide bonds. The van der Waals surface area contributed by atoms with Crippen molar-refractivity contribution in [2.75, 3.05) is 26.2 Å². The maximum atomic E-state index is 13.2. The summed E-state index contributed by atoms with van der Waals surface area (Å²) in [4.78, 5) is 4.87. The van der Waals surface area contributed by atoms with Crippen LogP contribution in [0, 0.1) is 5.41 Å². The quantitative estimate of drug-likeness (QED) is 0.750. The van der Waals surface area contributed by atoms with E-state index in [2.05, 4.69) is 51.3 Å². The number of hydrogen-bond acceptors (Lipinski definition) is 2. The lowest BCUT2D eigenvalue weighted by Crippen LogP contribution is -2.63. The Morgan fingerprint density at radius 1 is 1.11 bits per heavy atom. The molecule has 1 heterocycles. The molecule has 0 saturated carbocycles. The SMILES string of the molecule is CC(F)CN1CCN(C(C)(C)C)[C@@H](C(C)(C)C)C1. The fraction of sp³-hybridized carbons (Fsp3) is 1.00. The van der Waals surface area contributed by atoms with Gasteiger partial charge in [0.1, 0.15) is 6.17 Å². The number of halogens is 1. The zero-order valence-corrected chi connectivity index (χ0v) is 13.3. The molecule has 0 spiro atoms. The molecular formula is C15H31FN2. The standard InChI is InChI=1S/C15H31FN2/c1-12(16)10-17-8-9-18(15(5,6)7)13(11-17)14(2,3)4/h12-13H,8-11H2,1-7H3/t12?,13-/m1/s1. The third-order valence-corrected chi connectivity index (χ3v) is 3.84. The van der Waals surface area contributed by atoms with Crippen molar-refractivity contribution in [1.29, 1.82) is 0 Å². The molecular weight excluding hydrogens is 227 g/mol. The van der Waals surface area contributed by atoms with E-state index in [9.17, 15) is 4.39 Å². The minimum atomic E-state index is -0.730. The van der Waals surface area contributed by atoms with Gasteiger partial charge < -0.3 is 0 Å². The van der Waals surface area contributed by atoms with Crippen molar-refractivity contribution in [3.05, 3.63) is 0 Å². The van der Waals surface area contributed by atoms with Gasteiger partial charge in [0.15, 0.2) is 0 Å². The Balaban J connectivity index is 2.80. The average molecular weight is 258 g/mol. The smallest absolute Gasteiger partial charge is 0.110 e. The van der Waals surface area contributed by atoms with Gasteiger partial charge in [0, 0.05) is 37.8 Å². The Morgan fingerprint density at radius 2 is 1.67 bits per heavy atom. The molecule has 0 aromatic heterocycles. The number of alkyl halides is 1. The van der Waals surface area contributed by atoms with Gasteiger partial charge >= 0.3 is 0 Å². The molecule has 1 saturated heterocycles. The highest BCUT2D eigenvalue weighted by Crippen LogP contribution is 2.32. The fourth-order valence-corrected chi connectivity index (χ4v) is 2.91. The van der Waals surface area contributed by atoms with Gasteiger partial charge in [-0.3, -0.25) is 9.80 Å². The first-order valence-corrected chi connectivity index (χ1v) is 7.15. The maximum absolute atomic E-state index is 13.2. The normalized spacial score (nSPS) is 26.3. The molecule has 0 aliphatic carbocycles. The van der Waals surface area contributed by atoms with Crippen LogP contribution in [-0.2, 0) is 0 Å². The Kier molecular flexibility index (Phi) is 4.82. The van der Waals surface area contributed by atoms with E-state index < -0.39 is 6.17 Å². The lowest BCUT2D eigenvalue weighted by Gasteiger charge is -2.52. The van der Waals surface area contributed by atoms with Gasteiger partial charge in [-0.05, 0) is 33.1 Å². The van der Waals surface area contributed by atoms with Crippen LogP contribution in [0.15, 0.2) is 0 Å². The van der Waals surface area contributed by atoms with E-state index in [0.717, 1.165) is 19.6 Å². The zero-order chi connectivity index (χ0) is 14.1. The van der Waals surface area contributed by atoms with Crippen LogP contribution < -0.4 is 0 Å². The first kappa shape index (κ1) is 15.9. The molecule has 1 rings (SSSR count). The van der Waals surface area contributed by atoms with Crippen LogP contribution in [0.2, 0.25) is 0 Å². The van der Waals surface area contributed by atoms with Crippen LogP contribution in [0.5, 0.6) is 0 Å². The monoisotopic (exact) mass is 258 g/mol. The van der Waals surface area contributed by atoms with Gasteiger partial charge in [0.25, 0.3) is 0 Å². The van der Waals surface area contributed by atoms with Crippen molar-refractivity contribution in [2.45, 2.75) is 66.2 Å². The molecule has 2 atom stereocenters. The summed E-state index contributed by atoms with van der Waals surface area (Å²) in [6, 6.07) is 0.491. The Hall–Kier alpha value is -0.150. The lowest BCUT2D eigenvalue weighted by atomic mass is 9.82. The highest BCUT2D eigenvalue weighted by atomic mass is 19.1. The van der Waals surface area contributed by atoms with E-state index in [0.29, 0.717) is 12.6 Å². The van der Waals surface area contributed by atoms with E-state index in [4.69, 9.17) is 0 Å². The van der Waals surface area contributed by atoms with Crippen molar-refractivity contribution >= 4 is 0 Å². The van der Waals surface area contributed by atoms with Crippen LogP contribution in [0.3, 0.4) is 0 Å². The fourth-order valence-electron chi connectivity index (χ4n) is 2.91. The topological polar surface area (TPSA) is 6.48 Å². The number of nitrogens with zero attached hydrogens (tertiary/aromatic N) is 2. The van der Waals surface area contributed by atoms with Crippen molar-refractivity contribution < 1.29 is 4.39 Å². The number of hydrogen-bond donors (Lipinski definition) is 0. The molecule has 0 bridgehead atoms. The van der Waals surface area contributed by atoms with E-state index in [-0.39, 0.29) is 11.0 Å². The van der Waals surface area contributed by atoms with Gasteiger partial charge in [-0.15, -0.1) is 0 Å². The average Bonchev–Trinajstić information content (AvgIpc) is 2.13. The molecule has 18 heavy (non-hydrogen) atoms. The van der Waals surface area contributed by atoms with E-state index in [1.807, 2.05) is 0 Å². The Morgan fingerprint density at radius 3 is 2.06 bits per heavy atom. The van der Waals surface area contributed by atoms with Crippen molar-refractivity contribution in [3.8, 4) is 0 Å². The van der Waals surface area contributed by atoms with E-state index in [1.54, 1.807) is 6.92 Å². The Bertz CT molecular complexity index is 263. The summed E-state index contributed by atoms with van der Waals surface area (Å²) in [6.45, 7) is 18.9. The summed E-state index contributed by atoms with van der Waals surface area (Å²) in [5.41, 5.74) is 0.414. The van der Waals surface area contributed by atoms with Gasteiger partial charge in [0.2, 0.25) is 0 Å². The Labute approximate surface area is 113 Å². The van der Waals surface area contributed by atoms with Crippen LogP contribution in [0.4, 0.5) is 4.39 Å². The molecule has 0 radical (unpaired) electrons. The maximum Gasteiger partial charge on any atom is 0.110 e. The minimum absolute atomic E-state index is 0.186. The van der Waals surface area contributed by atoms with Crippen molar-refractivity contribution in [3.63, 3.8) is 0 Å². The summed E-state index contributed by atoms with van der Waals surface area (Å²) in [6.07, 6.45) is -0.730. The molecule has 2 nitrogen and oxygen atoms in total. The molecule has 0 aromatic carbocycles. The van der Waals surface area contributed by atoms with Crippen LogP contribution in [0.1, 0.15) is 48.5 Å². The first-order valence-electron chi connectivity index (χ1n) is 7.15. The van der Waals surface area contributed by atoms with E-state index >= 15 is 0 Å². The van der Waals surface area contributed by atoms with Gasteiger partial charge in [-0.1, -0.05) is 20.8 Å². The highest BCUT2D eigenvalue weighted by molar-refractivity contribution is 4.95. The predicted octanol–water partition coefficient (Wildman–Crippen LogP) is 3.18. The van der Waals surface area contributed by atoms with Crippen molar-refractivity contribution in [1.82, 2.24) is 9.80 Å². The molecule has 3 heteroatoms. The summed E-state index contributed by atoms with van der Waals surface area (Å²) in [5.74, 6) is 0. The molecule has 1 aliphatic rings. The lowest BCUT2D eigenvalue weighted by molar-refractivity contribution is -0.0405. The van der Waals surface area contributed by atoms with Crippen LogP contribution >= 0.6 is 0 Å². The summed E-state index contributed by atoms with van der Waals surface area (Å²) in [7, 11) is 0. The minimum Gasteiger partial charge on any atom is -0.298 e. The van der Waals surface area contributed by atoms with Gasteiger partial charge in [-0.2, -0.15) is 0 Å². The second-order valence-electron chi connectivity index (χ2n) is 7.79. The molecule has 1 aliphatic heterocycles. The molecule has 1 fully saturated rings. The summed E-state index contributed by atoms with van der Waals surface area (Å²) >= 11 is 0. The second-order valence-corrected chi connectivity index (χ2v) is 7.79. The number of piperazine rings is 1.